The largest absolute Gasteiger partial charge is 0.421 e. The molecule has 1 heterocycles. The molecule has 0 unspecified atom stereocenters. The van der Waals surface area contributed by atoms with E-state index in [0.29, 0.717) is 0 Å². The van der Waals surface area contributed by atoms with Gasteiger partial charge in [-0.05, 0) is 12.1 Å². The summed E-state index contributed by atoms with van der Waals surface area (Å²) in [7, 11) is 0. The van der Waals surface area contributed by atoms with Crippen LogP contribution >= 0.6 is 0 Å². The van der Waals surface area contributed by atoms with E-state index >= 15 is 0 Å². The van der Waals surface area contributed by atoms with E-state index < -0.39 is 17.2 Å². The third-order valence-electron chi connectivity index (χ3n) is 1.97. The highest BCUT2D eigenvalue weighted by Crippen LogP contribution is 2.22. The number of hydrogen-bond donors (Lipinski definition) is 0. The molecule has 0 aliphatic heterocycles. The molecule has 16 heavy (non-hydrogen) atoms. The van der Waals surface area contributed by atoms with Crippen LogP contribution in [0.2, 0.25) is 0 Å². The van der Waals surface area contributed by atoms with Crippen LogP contribution in [0.1, 0.15) is 16.2 Å². The van der Waals surface area contributed by atoms with Crippen molar-refractivity contribution in [3.8, 4) is 11.5 Å². The number of aromatic nitrogens is 2. The number of rotatable bonds is 2. The van der Waals surface area contributed by atoms with Gasteiger partial charge in [0, 0.05) is 12.5 Å². The van der Waals surface area contributed by atoms with Gasteiger partial charge in [0.25, 0.3) is 0 Å². The van der Waals surface area contributed by atoms with Gasteiger partial charge in [0.15, 0.2) is 6.29 Å². The Balaban J connectivity index is 2.56. The number of aryl methyl sites for hydroxylation is 1. The van der Waals surface area contributed by atoms with E-state index in [4.69, 9.17) is 4.42 Å². The molecular weight excluding hydrogens is 218 g/mol. The summed E-state index contributed by atoms with van der Waals surface area (Å²) in [5.41, 5.74) is -0.513. The molecular formula is C10H6F2N2O2. The third kappa shape index (κ3) is 1.69. The molecule has 0 radical (unpaired) electrons. The van der Waals surface area contributed by atoms with Crippen molar-refractivity contribution in [1.82, 2.24) is 10.2 Å². The summed E-state index contributed by atoms with van der Waals surface area (Å²) in [6.45, 7) is 1.56. The van der Waals surface area contributed by atoms with Gasteiger partial charge in [-0.2, -0.15) is 0 Å². The second-order valence-corrected chi connectivity index (χ2v) is 3.10. The average Bonchev–Trinajstić information content (AvgIpc) is 2.64. The first-order chi connectivity index (χ1) is 7.61. The molecule has 0 bridgehead atoms. The quantitative estimate of drug-likeness (QED) is 0.733. The highest BCUT2D eigenvalue weighted by atomic mass is 19.1. The van der Waals surface area contributed by atoms with Crippen molar-refractivity contribution in [2.45, 2.75) is 6.92 Å². The lowest BCUT2D eigenvalue weighted by atomic mass is 10.1. The lowest BCUT2D eigenvalue weighted by Gasteiger charge is -1.99. The van der Waals surface area contributed by atoms with Crippen LogP contribution in [0.3, 0.4) is 0 Å². The maximum absolute atomic E-state index is 13.2. The molecule has 0 saturated carbocycles. The van der Waals surface area contributed by atoms with E-state index in [-0.39, 0.29) is 23.6 Å². The van der Waals surface area contributed by atoms with Crippen LogP contribution in [0.15, 0.2) is 16.5 Å². The molecule has 0 spiro atoms. The zero-order valence-corrected chi connectivity index (χ0v) is 8.20. The SMILES string of the molecule is Cc1nnc(-c2cc(F)c(C=O)c(F)c2)o1. The lowest BCUT2D eigenvalue weighted by molar-refractivity contribution is 0.111. The Labute approximate surface area is 88.9 Å². The second-order valence-electron chi connectivity index (χ2n) is 3.10. The van der Waals surface area contributed by atoms with Gasteiger partial charge in [0.1, 0.15) is 11.6 Å². The van der Waals surface area contributed by atoms with Crippen molar-refractivity contribution >= 4 is 6.29 Å². The molecule has 0 fully saturated rings. The van der Waals surface area contributed by atoms with E-state index in [1.807, 2.05) is 0 Å². The molecule has 1 aromatic carbocycles. The van der Waals surface area contributed by atoms with Gasteiger partial charge in [-0.15, -0.1) is 10.2 Å². The first kappa shape index (κ1) is 10.4. The molecule has 4 nitrogen and oxygen atoms in total. The number of aldehydes is 1. The maximum atomic E-state index is 13.2. The molecule has 0 amide bonds. The van der Waals surface area contributed by atoms with Gasteiger partial charge in [-0.1, -0.05) is 0 Å². The van der Waals surface area contributed by atoms with Gasteiger partial charge in [-0.25, -0.2) is 8.78 Å². The zero-order valence-electron chi connectivity index (χ0n) is 8.20. The number of nitrogens with zero attached hydrogens (tertiary/aromatic N) is 2. The van der Waals surface area contributed by atoms with Crippen LogP contribution in [0.4, 0.5) is 8.78 Å². The second kappa shape index (κ2) is 3.80. The highest BCUT2D eigenvalue weighted by molar-refractivity contribution is 5.77. The Morgan fingerprint density at radius 3 is 2.31 bits per heavy atom. The number of carbonyl (C=O) groups excluding carboxylic acids is 1. The summed E-state index contributed by atoms with van der Waals surface area (Å²) in [5.74, 6) is -1.62. The van der Waals surface area contributed by atoms with Crippen molar-refractivity contribution in [3.05, 3.63) is 35.2 Å². The van der Waals surface area contributed by atoms with Gasteiger partial charge in [0.2, 0.25) is 11.8 Å². The molecule has 0 aliphatic rings. The first-order valence-electron chi connectivity index (χ1n) is 4.36. The zero-order chi connectivity index (χ0) is 11.7. The first-order valence-corrected chi connectivity index (χ1v) is 4.36. The van der Waals surface area contributed by atoms with Gasteiger partial charge in [-0.3, -0.25) is 4.79 Å². The van der Waals surface area contributed by atoms with Crippen molar-refractivity contribution in [2.24, 2.45) is 0 Å². The van der Waals surface area contributed by atoms with Crippen LogP contribution in [0, 0.1) is 18.6 Å². The molecule has 82 valence electrons. The fraction of sp³-hybridized carbons (Fsp3) is 0.100. The van der Waals surface area contributed by atoms with Crippen LogP contribution < -0.4 is 0 Å². The molecule has 0 saturated heterocycles. The number of halogens is 2. The minimum atomic E-state index is -0.958. The summed E-state index contributed by atoms with van der Waals surface area (Å²) in [5, 5.41) is 7.15. The molecule has 2 aromatic rings. The van der Waals surface area contributed by atoms with Crippen LogP contribution in [0.25, 0.3) is 11.5 Å². The van der Waals surface area contributed by atoms with E-state index in [1.54, 1.807) is 6.92 Å². The summed E-state index contributed by atoms with van der Waals surface area (Å²) in [6, 6.07) is 1.94. The summed E-state index contributed by atoms with van der Waals surface area (Å²) in [6.07, 6.45) is 0.119. The Morgan fingerprint density at radius 1 is 1.25 bits per heavy atom. The van der Waals surface area contributed by atoms with E-state index in [0.717, 1.165) is 12.1 Å². The van der Waals surface area contributed by atoms with Crippen LogP contribution in [-0.2, 0) is 0 Å². The molecule has 6 heteroatoms. The van der Waals surface area contributed by atoms with E-state index in [1.165, 1.54) is 0 Å². The number of carbonyl (C=O) groups is 1. The van der Waals surface area contributed by atoms with Crippen molar-refractivity contribution < 1.29 is 18.0 Å². The van der Waals surface area contributed by atoms with Crippen molar-refractivity contribution in [1.29, 1.82) is 0 Å². The van der Waals surface area contributed by atoms with Crippen molar-refractivity contribution in [3.63, 3.8) is 0 Å². The minimum Gasteiger partial charge on any atom is -0.421 e. The molecule has 2 rings (SSSR count). The Morgan fingerprint density at radius 2 is 1.88 bits per heavy atom. The number of benzene rings is 1. The molecule has 0 N–H and O–H groups in total. The van der Waals surface area contributed by atoms with Gasteiger partial charge >= 0.3 is 0 Å². The Bertz CT molecular complexity index is 528. The number of hydrogen-bond acceptors (Lipinski definition) is 4. The average molecular weight is 224 g/mol. The van der Waals surface area contributed by atoms with Crippen LogP contribution in [0.5, 0.6) is 0 Å². The van der Waals surface area contributed by atoms with E-state index in [9.17, 15) is 13.6 Å². The minimum absolute atomic E-state index is 0.00717. The van der Waals surface area contributed by atoms with Crippen molar-refractivity contribution in [2.75, 3.05) is 0 Å². The molecule has 0 atom stereocenters. The van der Waals surface area contributed by atoms with E-state index in [2.05, 4.69) is 10.2 Å². The predicted molar refractivity (Wildman–Crippen MR) is 49.8 cm³/mol. The Kier molecular flexibility index (Phi) is 2.47. The van der Waals surface area contributed by atoms with Crippen LogP contribution in [-0.4, -0.2) is 16.5 Å². The summed E-state index contributed by atoms with van der Waals surface area (Å²) < 4.78 is 31.5. The normalized spacial score (nSPS) is 10.4. The molecule has 1 aromatic heterocycles. The summed E-state index contributed by atoms with van der Waals surface area (Å²) >= 11 is 0. The highest BCUT2D eigenvalue weighted by Gasteiger charge is 2.14. The predicted octanol–water partition coefficient (Wildman–Crippen LogP) is 2.14. The fourth-order valence-corrected chi connectivity index (χ4v) is 1.23. The lowest BCUT2D eigenvalue weighted by Crippen LogP contribution is -1.94. The van der Waals surface area contributed by atoms with Gasteiger partial charge < -0.3 is 4.42 Å². The Hall–Kier alpha value is -2.11. The molecule has 0 aliphatic carbocycles. The monoisotopic (exact) mass is 224 g/mol. The third-order valence-corrected chi connectivity index (χ3v) is 1.97. The van der Waals surface area contributed by atoms with Gasteiger partial charge in [0.05, 0.1) is 5.56 Å². The smallest absolute Gasteiger partial charge is 0.247 e. The standard InChI is InChI=1S/C10H6F2N2O2/c1-5-13-14-10(16-5)6-2-8(11)7(4-15)9(12)3-6/h2-4H,1H3. The topological polar surface area (TPSA) is 56.0 Å². The maximum Gasteiger partial charge on any atom is 0.247 e. The summed E-state index contributed by atoms with van der Waals surface area (Å²) in [4.78, 5) is 10.4. The fourth-order valence-electron chi connectivity index (χ4n) is 1.23.